The Morgan fingerprint density at radius 1 is 1.07 bits per heavy atom. The SMILES string of the molecule is Nc1c(NNC(=O)COc2ccccc2)ncnc1Nc1ccc(F)cc1F. The number of hydrogen-bond donors (Lipinski definition) is 4. The van der Waals surface area contributed by atoms with Crippen LogP contribution in [0.5, 0.6) is 5.75 Å². The van der Waals surface area contributed by atoms with Crippen LogP contribution in [0.3, 0.4) is 0 Å². The Hall–Kier alpha value is -3.95. The van der Waals surface area contributed by atoms with Gasteiger partial charge in [-0.2, -0.15) is 0 Å². The third-order valence-electron chi connectivity index (χ3n) is 3.50. The van der Waals surface area contributed by atoms with Gasteiger partial charge in [0, 0.05) is 6.07 Å². The van der Waals surface area contributed by atoms with E-state index >= 15 is 0 Å². The second kappa shape index (κ2) is 8.62. The smallest absolute Gasteiger partial charge is 0.276 e. The number of nitrogen functional groups attached to an aromatic ring is 1. The maximum Gasteiger partial charge on any atom is 0.276 e. The van der Waals surface area contributed by atoms with Crippen LogP contribution in [0.25, 0.3) is 0 Å². The van der Waals surface area contributed by atoms with Crippen molar-refractivity contribution in [2.45, 2.75) is 0 Å². The highest BCUT2D eigenvalue weighted by Gasteiger charge is 2.12. The molecular formula is C18H16F2N6O2. The number of para-hydroxylation sites is 1. The van der Waals surface area contributed by atoms with E-state index in [1.165, 1.54) is 6.07 Å². The second-order valence-corrected chi connectivity index (χ2v) is 5.51. The normalized spacial score (nSPS) is 10.2. The minimum atomic E-state index is -0.807. The molecule has 0 aliphatic heterocycles. The predicted octanol–water partition coefficient (Wildman–Crippen LogP) is 2.60. The molecule has 0 atom stereocenters. The first-order chi connectivity index (χ1) is 13.5. The average Bonchev–Trinajstić information content (AvgIpc) is 2.69. The zero-order chi connectivity index (χ0) is 19.9. The number of aromatic nitrogens is 2. The third kappa shape index (κ3) is 4.81. The Kier molecular flexibility index (Phi) is 5.80. The molecule has 10 heteroatoms. The van der Waals surface area contributed by atoms with E-state index in [2.05, 4.69) is 26.1 Å². The van der Waals surface area contributed by atoms with Crippen LogP contribution in [0.1, 0.15) is 0 Å². The summed E-state index contributed by atoms with van der Waals surface area (Å²) in [5.74, 6) is -1.26. The number of carbonyl (C=O) groups is 1. The maximum absolute atomic E-state index is 13.8. The van der Waals surface area contributed by atoms with Crippen molar-refractivity contribution in [1.82, 2.24) is 15.4 Å². The molecule has 1 amide bonds. The fraction of sp³-hybridized carbons (Fsp3) is 0.0556. The van der Waals surface area contributed by atoms with Crippen molar-refractivity contribution in [2.75, 3.05) is 23.1 Å². The molecule has 1 heterocycles. The lowest BCUT2D eigenvalue weighted by molar-refractivity contribution is -0.122. The summed E-state index contributed by atoms with van der Waals surface area (Å²) in [5, 5.41) is 2.65. The van der Waals surface area contributed by atoms with E-state index < -0.39 is 17.5 Å². The highest BCUT2D eigenvalue weighted by atomic mass is 19.1. The molecule has 0 unspecified atom stereocenters. The molecule has 0 saturated heterocycles. The molecule has 8 nitrogen and oxygen atoms in total. The first-order valence-electron chi connectivity index (χ1n) is 8.08. The number of rotatable bonds is 7. The van der Waals surface area contributed by atoms with Gasteiger partial charge in [-0.1, -0.05) is 18.2 Å². The summed E-state index contributed by atoms with van der Waals surface area (Å²) in [4.78, 5) is 19.7. The molecule has 0 aliphatic rings. The lowest BCUT2D eigenvalue weighted by atomic mass is 10.3. The van der Waals surface area contributed by atoms with Crippen LogP contribution in [-0.4, -0.2) is 22.5 Å². The Balaban J connectivity index is 1.60. The van der Waals surface area contributed by atoms with Crippen molar-refractivity contribution in [2.24, 2.45) is 0 Å². The van der Waals surface area contributed by atoms with Crippen LogP contribution >= 0.6 is 0 Å². The Bertz CT molecular complexity index is 972. The number of carbonyl (C=O) groups excluding carboxylic acids is 1. The molecule has 144 valence electrons. The summed E-state index contributed by atoms with van der Waals surface area (Å²) < 4.78 is 32.1. The summed E-state index contributed by atoms with van der Waals surface area (Å²) in [6.07, 6.45) is 1.16. The van der Waals surface area contributed by atoms with Gasteiger partial charge < -0.3 is 15.8 Å². The van der Waals surface area contributed by atoms with Crippen LogP contribution in [-0.2, 0) is 4.79 Å². The summed E-state index contributed by atoms with van der Waals surface area (Å²) >= 11 is 0. The van der Waals surface area contributed by atoms with E-state index in [0.717, 1.165) is 18.5 Å². The van der Waals surface area contributed by atoms with Gasteiger partial charge >= 0.3 is 0 Å². The number of benzene rings is 2. The minimum absolute atomic E-state index is 0.0157. The summed E-state index contributed by atoms with van der Waals surface area (Å²) in [6, 6.07) is 11.9. The molecule has 0 radical (unpaired) electrons. The van der Waals surface area contributed by atoms with Crippen molar-refractivity contribution in [1.29, 1.82) is 0 Å². The monoisotopic (exact) mass is 386 g/mol. The predicted molar refractivity (Wildman–Crippen MR) is 99.8 cm³/mol. The number of nitrogens with zero attached hydrogens (tertiary/aromatic N) is 2. The number of hydrogen-bond acceptors (Lipinski definition) is 7. The van der Waals surface area contributed by atoms with Gasteiger partial charge in [-0.15, -0.1) is 0 Å². The number of ether oxygens (including phenoxy) is 1. The van der Waals surface area contributed by atoms with Crippen molar-refractivity contribution >= 4 is 28.9 Å². The molecular weight excluding hydrogens is 370 g/mol. The molecule has 3 aromatic rings. The molecule has 0 saturated carbocycles. The topological polar surface area (TPSA) is 114 Å². The van der Waals surface area contributed by atoms with Gasteiger partial charge in [0.1, 0.15) is 29.4 Å². The number of nitrogens with one attached hydrogen (secondary N) is 3. The largest absolute Gasteiger partial charge is 0.484 e. The number of anilines is 4. The quantitative estimate of drug-likeness (QED) is 0.462. The first kappa shape index (κ1) is 18.8. The lowest BCUT2D eigenvalue weighted by Crippen LogP contribution is -2.34. The van der Waals surface area contributed by atoms with E-state index in [9.17, 15) is 13.6 Å². The van der Waals surface area contributed by atoms with Crippen LogP contribution in [0.15, 0.2) is 54.9 Å². The van der Waals surface area contributed by atoms with E-state index in [-0.39, 0.29) is 29.6 Å². The number of hydrazine groups is 1. The molecule has 0 bridgehead atoms. The standard InChI is InChI=1S/C18H16F2N6O2/c19-11-6-7-14(13(20)8-11)24-17-16(21)18(23-10-22-17)26-25-15(27)9-28-12-4-2-1-3-5-12/h1-8,10H,9,21H2,(H,25,27)(H2,22,23,24,26). The summed E-state index contributed by atoms with van der Waals surface area (Å²) in [7, 11) is 0. The van der Waals surface area contributed by atoms with E-state index in [4.69, 9.17) is 10.5 Å². The minimum Gasteiger partial charge on any atom is -0.484 e. The Labute approximate surface area is 158 Å². The van der Waals surface area contributed by atoms with Crippen LogP contribution < -0.4 is 26.6 Å². The zero-order valence-corrected chi connectivity index (χ0v) is 14.4. The van der Waals surface area contributed by atoms with Gasteiger partial charge in [0.25, 0.3) is 5.91 Å². The Morgan fingerprint density at radius 3 is 2.57 bits per heavy atom. The first-order valence-corrected chi connectivity index (χ1v) is 8.08. The number of nitrogens with two attached hydrogens (primary N) is 1. The zero-order valence-electron chi connectivity index (χ0n) is 14.4. The molecule has 0 aliphatic carbocycles. The number of amides is 1. The van der Waals surface area contributed by atoms with E-state index in [1.54, 1.807) is 24.3 Å². The molecule has 0 spiro atoms. The highest BCUT2D eigenvalue weighted by molar-refractivity contribution is 5.82. The van der Waals surface area contributed by atoms with Gasteiger partial charge in [-0.25, -0.2) is 18.7 Å². The van der Waals surface area contributed by atoms with E-state index in [1.807, 2.05) is 6.07 Å². The Morgan fingerprint density at radius 2 is 1.82 bits per heavy atom. The average molecular weight is 386 g/mol. The fourth-order valence-electron chi connectivity index (χ4n) is 2.14. The van der Waals surface area contributed by atoms with Crippen LogP contribution in [0.2, 0.25) is 0 Å². The molecule has 5 N–H and O–H groups in total. The van der Waals surface area contributed by atoms with Gasteiger partial charge in [0.05, 0.1) is 5.69 Å². The third-order valence-corrected chi connectivity index (χ3v) is 3.50. The molecule has 0 fully saturated rings. The number of halogens is 2. The van der Waals surface area contributed by atoms with Crippen molar-refractivity contribution in [3.63, 3.8) is 0 Å². The summed E-state index contributed by atoms with van der Waals surface area (Å²) in [6.45, 7) is -0.228. The van der Waals surface area contributed by atoms with Gasteiger partial charge in [0.2, 0.25) is 0 Å². The van der Waals surface area contributed by atoms with Gasteiger partial charge in [-0.3, -0.25) is 15.6 Å². The maximum atomic E-state index is 13.8. The fourth-order valence-corrected chi connectivity index (χ4v) is 2.14. The van der Waals surface area contributed by atoms with Gasteiger partial charge in [-0.05, 0) is 24.3 Å². The summed E-state index contributed by atoms with van der Waals surface area (Å²) in [5.41, 5.74) is 10.9. The highest BCUT2D eigenvalue weighted by Crippen LogP contribution is 2.26. The molecule has 28 heavy (non-hydrogen) atoms. The van der Waals surface area contributed by atoms with Crippen molar-refractivity contribution in [3.05, 3.63) is 66.5 Å². The lowest BCUT2D eigenvalue weighted by Gasteiger charge is -2.13. The van der Waals surface area contributed by atoms with Crippen molar-refractivity contribution in [3.8, 4) is 5.75 Å². The molecule has 3 rings (SSSR count). The van der Waals surface area contributed by atoms with Gasteiger partial charge in [0.15, 0.2) is 18.2 Å². The van der Waals surface area contributed by atoms with Crippen LogP contribution in [0.4, 0.5) is 31.8 Å². The van der Waals surface area contributed by atoms with Crippen molar-refractivity contribution < 1.29 is 18.3 Å². The molecule has 2 aromatic carbocycles. The van der Waals surface area contributed by atoms with Crippen LogP contribution in [0, 0.1) is 11.6 Å². The molecule has 1 aromatic heterocycles. The second-order valence-electron chi connectivity index (χ2n) is 5.51. The van der Waals surface area contributed by atoms with E-state index in [0.29, 0.717) is 5.75 Å².